The normalized spacial score (nSPS) is 26.7. The molecule has 2 aliphatic rings. The number of hydrogen-bond donors (Lipinski definition) is 1. The maximum atomic E-state index is 11.7. The fourth-order valence-corrected chi connectivity index (χ4v) is 3.52. The average molecular weight is 323 g/mol. The minimum Gasteiger partial charge on any atom is -0.480 e. The molecule has 2 saturated heterocycles. The summed E-state index contributed by atoms with van der Waals surface area (Å²) in [6.45, 7) is 9.72. The molecule has 2 fully saturated rings. The van der Waals surface area contributed by atoms with Crippen LogP contribution in [0.3, 0.4) is 0 Å². The van der Waals surface area contributed by atoms with Gasteiger partial charge in [0, 0.05) is 52.3 Å². The van der Waals surface area contributed by atoms with Crippen LogP contribution in [-0.4, -0.2) is 80.8 Å². The summed E-state index contributed by atoms with van der Waals surface area (Å²) in [6, 6.07) is 0. The molecule has 8 heteroatoms. The van der Waals surface area contributed by atoms with Crippen molar-refractivity contribution in [1.29, 1.82) is 0 Å². The minimum atomic E-state index is -0.825. The molecule has 8 nitrogen and oxygen atoms in total. The zero-order chi connectivity index (χ0) is 16.4. The van der Waals surface area contributed by atoms with Gasteiger partial charge in [0.2, 0.25) is 0 Å². The van der Waals surface area contributed by atoms with Gasteiger partial charge in [0.05, 0.1) is 18.0 Å². The first kappa shape index (κ1) is 16.4. The van der Waals surface area contributed by atoms with Crippen LogP contribution in [0.4, 0.5) is 0 Å². The van der Waals surface area contributed by atoms with Crippen molar-refractivity contribution in [2.24, 2.45) is 0 Å². The second-order valence-corrected chi connectivity index (χ2v) is 6.34. The van der Waals surface area contributed by atoms with E-state index in [2.05, 4.69) is 27.0 Å². The molecule has 3 heterocycles. The Morgan fingerprint density at radius 3 is 2.65 bits per heavy atom. The van der Waals surface area contributed by atoms with Gasteiger partial charge in [0.25, 0.3) is 0 Å². The van der Waals surface area contributed by atoms with Crippen molar-refractivity contribution in [3.8, 4) is 0 Å². The molecule has 0 saturated carbocycles. The summed E-state index contributed by atoms with van der Waals surface area (Å²) in [5, 5.41) is 17.9. The highest BCUT2D eigenvalue weighted by Gasteiger charge is 2.48. The number of carboxylic acid groups (broad SMARTS) is 1. The summed E-state index contributed by atoms with van der Waals surface area (Å²) in [5.74, 6) is -0.757. The molecular formula is C15H25N5O3. The van der Waals surface area contributed by atoms with Crippen molar-refractivity contribution in [2.45, 2.75) is 38.9 Å². The van der Waals surface area contributed by atoms with E-state index >= 15 is 0 Å². The highest BCUT2D eigenvalue weighted by molar-refractivity contribution is 5.79. The number of carbonyl (C=O) groups is 1. The SMILES string of the molecule is CCn1nnc(C)c1CN1CCN(C2(C(=O)O)CCOC2)CC1. The lowest BCUT2D eigenvalue weighted by Crippen LogP contribution is -2.61. The van der Waals surface area contributed by atoms with Gasteiger partial charge in [-0.25, -0.2) is 4.68 Å². The summed E-state index contributed by atoms with van der Waals surface area (Å²) >= 11 is 0. The Hall–Kier alpha value is -1.51. The van der Waals surface area contributed by atoms with Crippen molar-refractivity contribution < 1.29 is 14.6 Å². The zero-order valence-corrected chi connectivity index (χ0v) is 13.9. The first-order valence-electron chi connectivity index (χ1n) is 8.24. The summed E-state index contributed by atoms with van der Waals surface area (Å²) < 4.78 is 7.31. The van der Waals surface area contributed by atoms with Crippen LogP contribution in [-0.2, 0) is 22.6 Å². The fraction of sp³-hybridized carbons (Fsp3) is 0.800. The van der Waals surface area contributed by atoms with Crippen molar-refractivity contribution >= 4 is 5.97 Å². The van der Waals surface area contributed by atoms with Crippen molar-refractivity contribution in [3.05, 3.63) is 11.4 Å². The molecule has 0 spiro atoms. The summed E-state index contributed by atoms with van der Waals surface area (Å²) in [6.07, 6.45) is 0.577. The molecule has 1 aromatic rings. The van der Waals surface area contributed by atoms with Gasteiger partial charge in [0.15, 0.2) is 0 Å². The Kier molecular flexibility index (Phi) is 4.65. The lowest BCUT2D eigenvalue weighted by Gasteiger charge is -2.42. The van der Waals surface area contributed by atoms with E-state index in [4.69, 9.17) is 4.74 Å². The van der Waals surface area contributed by atoms with Crippen LogP contribution in [0.5, 0.6) is 0 Å². The van der Waals surface area contributed by atoms with E-state index in [0.29, 0.717) is 19.6 Å². The molecule has 0 amide bonds. The number of nitrogens with zero attached hydrogens (tertiary/aromatic N) is 5. The predicted molar refractivity (Wildman–Crippen MR) is 83.1 cm³/mol. The number of aromatic nitrogens is 3. The maximum absolute atomic E-state index is 11.7. The number of aliphatic carboxylic acids is 1. The third-order valence-electron chi connectivity index (χ3n) is 5.08. The lowest BCUT2D eigenvalue weighted by atomic mass is 9.95. The van der Waals surface area contributed by atoms with E-state index in [1.54, 1.807) is 0 Å². The smallest absolute Gasteiger partial charge is 0.326 e. The highest BCUT2D eigenvalue weighted by atomic mass is 16.5. The summed E-state index contributed by atoms with van der Waals surface area (Å²) in [4.78, 5) is 16.2. The van der Waals surface area contributed by atoms with Gasteiger partial charge >= 0.3 is 5.97 Å². The van der Waals surface area contributed by atoms with E-state index in [-0.39, 0.29) is 0 Å². The molecule has 128 valence electrons. The quantitative estimate of drug-likeness (QED) is 0.814. The monoisotopic (exact) mass is 323 g/mol. The van der Waals surface area contributed by atoms with Crippen LogP contribution in [0.1, 0.15) is 24.7 Å². The zero-order valence-electron chi connectivity index (χ0n) is 13.9. The third kappa shape index (κ3) is 2.98. The van der Waals surface area contributed by atoms with E-state index in [1.165, 1.54) is 0 Å². The maximum Gasteiger partial charge on any atom is 0.326 e. The fourth-order valence-electron chi connectivity index (χ4n) is 3.52. The van der Waals surface area contributed by atoms with E-state index in [1.807, 2.05) is 11.6 Å². The molecule has 1 atom stereocenters. The molecule has 0 aliphatic carbocycles. The first-order valence-corrected chi connectivity index (χ1v) is 8.24. The van der Waals surface area contributed by atoms with Gasteiger partial charge in [-0.3, -0.25) is 14.6 Å². The Bertz CT molecular complexity index is 559. The molecule has 0 radical (unpaired) electrons. The molecule has 1 aromatic heterocycles. The van der Waals surface area contributed by atoms with Crippen LogP contribution in [0.25, 0.3) is 0 Å². The number of piperazine rings is 1. The van der Waals surface area contributed by atoms with Crippen LogP contribution < -0.4 is 0 Å². The molecule has 3 rings (SSSR count). The lowest BCUT2D eigenvalue weighted by molar-refractivity contribution is -0.153. The highest BCUT2D eigenvalue weighted by Crippen LogP contribution is 2.28. The number of aryl methyl sites for hydroxylation is 2. The molecule has 2 aliphatic heterocycles. The van der Waals surface area contributed by atoms with Gasteiger partial charge < -0.3 is 9.84 Å². The molecular weight excluding hydrogens is 298 g/mol. The van der Waals surface area contributed by atoms with Gasteiger partial charge in [0.1, 0.15) is 5.54 Å². The molecule has 1 unspecified atom stereocenters. The minimum absolute atomic E-state index is 0.300. The van der Waals surface area contributed by atoms with Crippen LogP contribution in [0.2, 0.25) is 0 Å². The standard InChI is InChI=1S/C15H25N5O3/c1-3-20-13(12(2)16-17-20)10-18-5-7-19(8-6-18)15(14(21)22)4-9-23-11-15/h3-11H2,1-2H3,(H,21,22). The van der Waals surface area contributed by atoms with Crippen LogP contribution >= 0.6 is 0 Å². The van der Waals surface area contributed by atoms with E-state index in [9.17, 15) is 9.90 Å². The third-order valence-corrected chi connectivity index (χ3v) is 5.08. The van der Waals surface area contributed by atoms with Crippen LogP contribution in [0.15, 0.2) is 0 Å². The Balaban J connectivity index is 1.62. The molecule has 0 bridgehead atoms. The molecule has 23 heavy (non-hydrogen) atoms. The summed E-state index contributed by atoms with van der Waals surface area (Å²) in [5.41, 5.74) is 1.30. The van der Waals surface area contributed by atoms with Gasteiger partial charge in [-0.05, 0) is 13.8 Å². The summed E-state index contributed by atoms with van der Waals surface area (Å²) in [7, 11) is 0. The molecule has 0 aromatic carbocycles. The first-order chi connectivity index (χ1) is 11.1. The van der Waals surface area contributed by atoms with Crippen molar-refractivity contribution in [1.82, 2.24) is 24.8 Å². The van der Waals surface area contributed by atoms with Gasteiger partial charge in [-0.15, -0.1) is 5.10 Å². The van der Waals surface area contributed by atoms with E-state index < -0.39 is 11.5 Å². The van der Waals surface area contributed by atoms with Crippen LogP contribution in [0, 0.1) is 6.92 Å². The van der Waals surface area contributed by atoms with Crippen molar-refractivity contribution in [3.63, 3.8) is 0 Å². The van der Waals surface area contributed by atoms with E-state index in [0.717, 1.165) is 50.7 Å². The average Bonchev–Trinajstić information content (AvgIpc) is 3.17. The largest absolute Gasteiger partial charge is 0.480 e. The Morgan fingerprint density at radius 1 is 1.35 bits per heavy atom. The number of hydrogen-bond acceptors (Lipinski definition) is 6. The second kappa shape index (κ2) is 6.54. The Labute approximate surface area is 136 Å². The van der Waals surface area contributed by atoms with Crippen molar-refractivity contribution in [2.75, 3.05) is 39.4 Å². The van der Waals surface area contributed by atoms with Gasteiger partial charge in [-0.1, -0.05) is 5.21 Å². The number of ether oxygens (including phenoxy) is 1. The van der Waals surface area contributed by atoms with Gasteiger partial charge in [-0.2, -0.15) is 0 Å². The number of carboxylic acids is 1. The Morgan fingerprint density at radius 2 is 2.09 bits per heavy atom. The second-order valence-electron chi connectivity index (χ2n) is 6.34. The predicted octanol–water partition coefficient (Wildman–Crippen LogP) is -0.0323. The molecule has 1 N–H and O–H groups in total. The number of rotatable bonds is 5. The topological polar surface area (TPSA) is 83.7 Å².